The van der Waals surface area contributed by atoms with Gasteiger partial charge in [0.25, 0.3) is 0 Å². The van der Waals surface area contributed by atoms with Crippen LogP contribution in [0, 0.1) is 0 Å². The molecule has 28 heavy (non-hydrogen) atoms. The fraction of sp³-hybridized carbons (Fsp3) is 0.0909. The van der Waals surface area contributed by atoms with E-state index in [2.05, 4.69) is 20.4 Å². The van der Waals surface area contributed by atoms with Crippen LogP contribution in [0.3, 0.4) is 0 Å². The van der Waals surface area contributed by atoms with Crippen LogP contribution in [0.5, 0.6) is 0 Å². The predicted octanol–water partition coefficient (Wildman–Crippen LogP) is 3.90. The van der Waals surface area contributed by atoms with E-state index >= 15 is 0 Å². The van der Waals surface area contributed by atoms with Crippen molar-refractivity contribution in [3.8, 4) is 11.4 Å². The van der Waals surface area contributed by atoms with Crippen LogP contribution < -0.4 is 5.32 Å². The zero-order valence-electron chi connectivity index (χ0n) is 15.1. The van der Waals surface area contributed by atoms with Crippen molar-refractivity contribution in [1.29, 1.82) is 0 Å². The maximum Gasteiger partial charge on any atom is 0.231 e. The van der Waals surface area contributed by atoms with Crippen molar-refractivity contribution in [3.05, 3.63) is 96.1 Å². The minimum atomic E-state index is -0.0692. The Kier molecular flexibility index (Phi) is 5.20. The van der Waals surface area contributed by atoms with Crippen LogP contribution in [-0.4, -0.2) is 21.0 Å². The number of anilines is 1. The van der Waals surface area contributed by atoms with Gasteiger partial charge in [0.15, 0.2) is 0 Å². The van der Waals surface area contributed by atoms with Crippen molar-refractivity contribution in [3.63, 3.8) is 0 Å². The molecular formula is C22H18N4O2. The van der Waals surface area contributed by atoms with Gasteiger partial charge >= 0.3 is 0 Å². The van der Waals surface area contributed by atoms with E-state index in [1.54, 1.807) is 12.4 Å². The summed E-state index contributed by atoms with van der Waals surface area (Å²) in [6.07, 6.45) is 4.13. The van der Waals surface area contributed by atoms with E-state index in [-0.39, 0.29) is 5.91 Å². The Morgan fingerprint density at radius 1 is 0.964 bits per heavy atom. The number of nitrogens with zero attached hydrogens (tertiary/aromatic N) is 3. The summed E-state index contributed by atoms with van der Waals surface area (Å²) < 4.78 is 5.38. The topological polar surface area (TPSA) is 80.9 Å². The van der Waals surface area contributed by atoms with E-state index in [4.69, 9.17) is 4.52 Å². The van der Waals surface area contributed by atoms with Crippen molar-refractivity contribution in [2.75, 3.05) is 5.32 Å². The second-order valence-corrected chi connectivity index (χ2v) is 6.30. The molecule has 0 unspecified atom stereocenters. The fourth-order valence-electron chi connectivity index (χ4n) is 2.87. The first-order valence-corrected chi connectivity index (χ1v) is 8.92. The Morgan fingerprint density at radius 3 is 2.61 bits per heavy atom. The van der Waals surface area contributed by atoms with Crippen LogP contribution in [0.4, 0.5) is 5.69 Å². The summed E-state index contributed by atoms with van der Waals surface area (Å²) in [5, 5.41) is 6.99. The molecule has 0 saturated carbocycles. The Bertz CT molecular complexity index is 1060. The molecule has 1 N–H and O–H groups in total. The number of benzene rings is 2. The van der Waals surface area contributed by atoms with Gasteiger partial charge in [-0.15, -0.1) is 0 Å². The van der Waals surface area contributed by atoms with Crippen molar-refractivity contribution in [1.82, 2.24) is 15.1 Å². The minimum Gasteiger partial charge on any atom is -0.339 e. The first-order valence-electron chi connectivity index (χ1n) is 8.92. The van der Waals surface area contributed by atoms with Gasteiger partial charge in [-0.2, -0.15) is 4.98 Å². The van der Waals surface area contributed by atoms with Crippen LogP contribution in [0.15, 0.2) is 83.6 Å². The lowest BCUT2D eigenvalue weighted by Crippen LogP contribution is -2.15. The van der Waals surface area contributed by atoms with Crippen molar-refractivity contribution in [2.24, 2.45) is 0 Å². The normalized spacial score (nSPS) is 10.6. The molecule has 2 heterocycles. The van der Waals surface area contributed by atoms with Gasteiger partial charge in [0, 0.05) is 23.6 Å². The summed E-state index contributed by atoms with van der Waals surface area (Å²) in [5.74, 6) is 0.900. The molecule has 0 radical (unpaired) electrons. The monoisotopic (exact) mass is 370 g/mol. The number of para-hydroxylation sites is 1. The lowest BCUT2D eigenvalue weighted by Gasteiger charge is -2.10. The quantitative estimate of drug-likeness (QED) is 0.557. The average Bonchev–Trinajstić information content (AvgIpc) is 3.19. The van der Waals surface area contributed by atoms with Gasteiger partial charge in [-0.05, 0) is 29.3 Å². The van der Waals surface area contributed by atoms with E-state index < -0.39 is 0 Å². The van der Waals surface area contributed by atoms with Gasteiger partial charge in [-0.1, -0.05) is 53.7 Å². The van der Waals surface area contributed by atoms with E-state index in [1.165, 1.54) is 0 Å². The highest BCUT2D eigenvalue weighted by molar-refractivity contribution is 5.93. The van der Waals surface area contributed by atoms with E-state index in [9.17, 15) is 4.79 Å². The Morgan fingerprint density at radius 2 is 1.79 bits per heavy atom. The number of aromatic nitrogens is 3. The third-order valence-corrected chi connectivity index (χ3v) is 4.23. The number of rotatable bonds is 6. The molecule has 6 heteroatoms. The molecule has 4 aromatic rings. The van der Waals surface area contributed by atoms with Gasteiger partial charge in [0.05, 0.1) is 12.8 Å². The van der Waals surface area contributed by atoms with Gasteiger partial charge < -0.3 is 9.84 Å². The zero-order chi connectivity index (χ0) is 19.2. The van der Waals surface area contributed by atoms with E-state index in [1.807, 2.05) is 66.7 Å². The standard InChI is InChI=1S/C22H18N4O2/c27-20(13-16-7-2-1-3-8-16)24-19-11-5-4-9-17(19)14-21-25-22(26-28-21)18-10-6-12-23-15-18/h1-12,15H,13-14H2,(H,24,27). The summed E-state index contributed by atoms with van der Waals surface area (Å²) in [5.41, 5.74) is 3.41. The number of hydrogen-bond donors (Lipinski definition) is 1. The van der Waals surface area contributed by atoms with Crippen molar-refractivity contribution in [2.45, 2.75) is 12.8 Å². The summed E-state index contributed by atoms with van der Waals surface area (Å²) in [6.45, 7) is 0. The molecule has 1 amide bonds. The fourth-order valence-corrected chi connectivity index (χ4v) is 2.87. The molecular weight excluding hydrogens is 352 g/mol. The minimum absolute atomic E-state index is 0.0692. The Hall–Kier alpha value is -3.80. The first kappa shape index (κ1) is 17.6. The first-order chi connectivity index (χ1) is 13.8. The van der Waals surface area contributed by atoms with Gasteiger partial charge in [0.2, 0.25) is 17.6 Å². The van der Waals surface area contributed by atoms with Crippen LogP contribution in [0.25, 0.3) is 11.4 Å². The van der Waals surface area contributed by atoms with Crippen LogP contribution >= 0.6 is 0 Å². The second kappa shape index (κ2) is 8.26. The molecule has 0 aliphatic rings. The molecule has 0 aliphatic heterocycles. The largest absolute Gasteiger partial charge is 0.339 e. The van der Waals surface area contributed by atoms with Crippen LogP contribution in [0.2, 0.25) is 0 Å². The summed E-state index contributed by atoms with van der Waals surface area (Å²) in [7, 11) is 0. The second-order valence-electron chi connectivity index (χ2n) is 6.30. The Labute approximate surface area is 162 Å². The third kappa shape index (κ3) is 4.29. The maximum absolute atomic E-state index is 12.4. The highest BCUT2D eigenvalue weighted by atomic mass is 16.5. The maximum atomic E-state index is 12.4. The number of hydrogen-bond acceptors (Lipinski definition) is 5. The zero-order valence-corrected chi connectivity index (χ0v) is 15.1. The number of carbonyl (C=O) groups excluding carboxylic acids is 1. The van der Waals surface area contributed by atoms with E-state index in [0.29, 0.717) is 24.6 Å². The molecule has 0 saturated heterocycles. The molecule has 6 nitrogen and oxygen atoms in total. The average molecular weight is 370 g/mol. The third-order valence-electron chi connectivity index (χ3n) is 4.23. The van der Waals surface area contributed by atoms with Crippen molar-refractivity contribution < 1.29 is 9.32 Å². The van der Waals surface area contributed by atoms with Gasteiger partial charge in [-0.25, -0.2) is 0 Å². The summed E-state index contributed by atoms with van der Waals surface area (Å²) in [6, 6.07) is 21.0. The van der Waals surface area contributed by atoms with Gasteiger partial charge in [-0.3, -0.25) is 9.78 Å². The van der Waals surface area contributed by atoms with Crippen LogP contribution in [0.1, 0.15) is 17.0 Å². The highest BCUT2D eigenvalue weighted by Crippen LogP contribution is 2.21. The molecule has 138 valence electrons. The lowest BCUT2D eigenvalue weighted by molar-refractivity contribution is -0.115. The lowest BCUT2D eigenvalue weighted by atomic mass is 10.1. The molecule has 0 spiro atoms. The van der Waals surface area contributed by atoms with Crippen molar-refractivity contribution >= 4 is 11.6 Å². The number of carbonyl (C=O) groups is 1. The summed E-state index contributed by atoms with van der Waals surface area (Å²) >= 11 is 0. The number of nitrogens with one attached hydrogen (secondary N) is 1. The smallest absolute Gasteiger partial charge is 0.231 e. The SMILES string of the molecule is O=C(Cc1ccccc1)Nc1ccccc1Cc1nc(-c2cccnc2)no1. The van der Waals surface area contributed by atoms with E-state index in [0.717, 1.165) is 22.4 Å². The molecule has 2 aromatic heterocycles. The number of amides is 1. The number of pyridine rings is 1. The predicted molar refractivity (Wildman–Crippen MR) is 106 cm³/mol. The summed E-state index contributed by atoms with van der Waals surface area (Å²) in [4.78, 5) is 20.9. The highest BCUT2D eigenvalue weighted by Gasteiger charge is 2.13. The molecule has 2 aromatic carbocycles. The van der Waals surface area contributed by atoms with Gasteiger partial charge in [0.1, 0.15) is 0 Å². The Balaban J connectivity index is 1.47. The molecule has 0 bridgehead atoms. The molecule has 0 atom stereocenters. The molecule has 0 aliphatic carbocycles. The van der Waals surface area contributed by atoms with Crippen LogP contribution in [-0.2, 0) is 17.6 Å². The molecule has 0 fully saturated rings. The molecule has 4 rings (SSSR count).